The van der Waals surface area contributed by atoms with Gasteiger partial charge in [-0.1, -0.05) is 0 Å². The lowest BCUT2D eigenvalue weighted by atomic mass is 10.7. The van der Waals surface area contributed by atoms with Crippen LogP contribution >= 0.6 is 7.60 Å². The Labute approximate surface area is 84.9 Å². The molecule has 0 saturated carbocycles. The van der Waals surface area contributed by atoms with Crippen LogP contribution in [-0.4, -0.2) is 37.4 Å². The van der Waals surface area contributed by atoms with Crippen LogP contribution in [0.15, 0.2) is 0 Å². The van der Waals surface area contributed by atoms with Crippen molar-refractivity contribution in [3.8, 4) is 0 Å². The summed E-state index contributed by atoms with van der Waals surface area (Å²) < 4.78 is 27.2. The molecule has 0 fully saturated rings. The lowest BCUT2D eigenvalue weighted by molar-refractivity contribution is 0.0551. The summed E-state index contributed by atoms with van der Waals surface area (Å²) in [5, 5.41) is 8.54. The number of aliphatic hydroxyl groups is 1. The van der Waals surface area contributed by atoms with Gasteiger partial charge in [0.25, 0.3) is 0 Å². The van der Waals surface area contributed by atoms with Gasteiger partial charge in [0.05, 0.1) is 26.4 Å². The van der Waals surface area contributed by atoms with Gasteiger partial charge in [-0.25, -0.2) is 0 Å². The van der Waals surface area contributed by atoms with Crippen LogP contribution < -0.4 is 0 Å². The Hall–Kier alpha value is 0.0700. The van der Waals surface area contributed by atoms with Gasteiger partial charge in [0.2, 0.25) is 0 Å². The third kappa shape index (κ3) is 4.53. The van der Waals surface area contributed by atoms with Crippen molar-refractivity contribution in [2.75, 3.05) is 26.4 Å². The van der Waals surface area contributed by atoms with Crippen molar-refractivity contribution in [2.45, 2.75) is 26.6 Å². The molecule has 1 atom stereocenters. The highest BCUT2D eigenvalue weighted by Crippen LogP contribution is 2.53. The van der Waals surface area contributed by atoms with Gasteiger partial charge < -0.3 is 18.9 Å². The summed E-state index contributed by atoms with van der Waals surface area (Å²) in [6.07, 6.45) is 0. The highest BCUT2D eigenvalue weighted by molar-refractivity contribution is 7.54. The Kier molecular flexibility index (Phi) is 7.41. The summed E-state index contributed by atoms with van der Waals surface area (Å²) >= 11 is 0. The van der Waals surface area contributed by atoms with Crippen LogP contribution in [0, 0.1) is 0 Å². The Balaban J connectivity index is 4.23. The van der Waals surface area contributed by atoms with Gasteiger partial charge in [0, 0.05) is 0 Å². The second-order valence-corrected chi connectivity index (χ2v) is 4.89. The number of hydrogen-bond acceptors (Lipinski definition) is 5. The fourth-order valence-electron chi connectivity index (χ4n) is 0.922. The molecule has 0 rings (SSSR count). The number of rotatable bonds is 8. The summed E-state index contributed by atoms with van der Waals surface area (Å²) in [6, 6.07) is 0. The van der Waals surface area contributed by atoms with Gasteiger partial charge >= 0.3 is 7.60 Å². The molecule has 0 radical (unpaired) electrons. The van der Waals surface area contributed by atoms with Crippen molar-refractivity contribution in [3.63, 3.8) is 0 Å². The summed E-state index contributed by atoms with van der Waals surface area (Å²) in [6.45, 7) is 5.73. The molecule has 0 aromatic carbocycles. The quantitative estimate of drug-likeness (QED) is 0.637. The van der Waals surface area contributed by atoms with E-state index in [9.17, 15) is 4.57 Å². The average molecular weight is 226 g/mol. The van der Waals surface area contributed by atoms with Crippen molar-refractivity contribution < 1.29 is 23.5 Å². The molecule has 0 amide bonds. The van der Waals surface area contributed by atoms with Crippen molar-refractivity contribution in [1.82, 2.24) is 0 Å². The molecule has 5 nitrogen and oxygen atoms in total. The first-order valence-electron chi connectivity index (χ1n) is 4.72. The number of ether oxygens (including phenoxy) is 1. The maximum Gasteiger partial charge on any atom is 0.358 e. The van der Waals surface area contributed by atoms with E-state index in [4.69, 9.17) is 18.9 Å². The van der Waals surface area contributed by atoms with E-state index < -0.39 is 13.4 Å². The highest BCUT2D eigenvalue weighted by atomic mass is 31.2. The molecule has 0 aliphatic carbocycles. The van der Waals surface area contributed by atoms with E-state index in [2.05, 4.69) is 0 Å². The standard InChI is InChI=1S/C8H19O5P/c1-4-12-14(10,13-5-2)8(3)11-7-6-9/h8-9H,4-7H2,1-3H3. The SMILES string of the molecule is CCOP(=O)(OCC)C(C)OCCO. The minimum absolute atomic E-state index is 0.109. The van der Waals surface area contributed by atoms with Gasteiger partial charge in [-0.15, -0.1) is 0 Å². The van der Waals surface area contributed by atoms with Crippen LogP contribution in [0.2, 0.25) is 0 Å². The van der Waals surface area contributed by atoms with Crippen LogP contribution in [0.25, 0.3) is 0 Å². The first-order valence-corrected chi connectivity index (χ1v) is 6.33. The second-order valence-electron chi connectivity index (χ2n) is 2.57. The second kappa shape index (κ2) is 7.37. The minimum atomic E-state index is -3.17. The van der Waals surface area contributed by atoms with E-state index in [0.717, 1.165) is 0 Å². The largest absolute Gasteiger partial charge is 0.394 e. The molecule has 0 aromatic rings. The Bertz CT molecular complexity index is 175. The van der Waals surface area contributed by atoms with Gasteiger partial charge in [-0.05, 0) is 20.8 Å². The third-order valence-corrected chi connectivity index (χ3v) is 3.79. The first-order chi connectivity index (χ1) is 6.60. The summed E-state index contributed by atoms with van der Waals surface area (Å²) in [5.74, 6) is -0.644. The van der Waals surface area contributed by atoms with Crippen LogP contribution in [0.1, 0.15) is 20.8 Å². The zero-order chi connectivity index (χ0) is 11.0. The number of hydrogen-bond donors (Lipinski definition) is 1. The van der Waals surface area contributed by atoms with E-state index in [1.54, 1.807) is 20.8 Å². The van der Waals surface area contributed by atoms with Crippen molar-refractivity contribution in [3.05, 3.63) is 0 Å². The third-order valence-electron chi connectivity index (χ3n) is 1.51. The fourth-order valence-corrected chi connectivity index (χ4v) is 2.42. The van der Waals surface area contributed by atoms with E-state index >= 15 is 0 Å². The molecule has 0 spiro atoms. The zero-order valence-electron chi connectivity index (χ0n) is 8.93. The molecule has 0 aliphatic heterocycles. The van der Waals surface area contributed by atoms with Crippen molar-refractivity contribution in [2.24, 2.45) is 0 Å². The lowest BCUT2D eigenvalue weighted by Crippen LogP contribution is -2.15. The van der Waals surface area contributed by atoms with E-state index in [1.807, 2.05) is 0 Å². The van der Waals surface area contributed by atoms with Gasteiger partial charge in [-0.2, -0.15) is 0 Å². The molecule has 0 bridgehead atoms. The van der Waals surface area contributed by atoms with Gasteiger partial charge in [0.15, 0.2) is 5.85 Å². The van der Waals surface area contributed by atoms with E-state index in [1.165, 1.54) is 0 Å². The molecule has 0 aromatic heterocycles. The Morgan fingerprint density at radius 1 is 1.29 bits per heavy atom. The fraction of sp³-hybridized carbons (Fsp3) is 1.00. The first kappa shape index (κ1) is 14.1. The summed E-state index contributed by atoms with van der Waals surface area (Å²) in [4.78, 5) is 0. The normalized spacial score (nSPS) is 14.3. The summed E-state index contributed by atoms with van der Waals surface area (Å²) in [5.41, 5.74) is 0. The highest BCUT2D eigenvalue weighted by Gasteiger charge is 2.32. The molecule has 6 heteroatoms. The topological polar surface area (TPSA) is 65.0 Å². The maximum absolute atomic E-state index is 12.0. The molecular formula is C8H19O5P. The van der Waals surface area contributed by atoms with Crippen LogP contribution in [-0.2, 0) is 18.3 Å². The van der Waals surface area contributed by atoms with E-state index in [0.29, 0.717) is 13.2 Å². The Morgan fingerprint density at radius 3 is 2.14 bits per heavy atom. The molecule has 1 N–H and O–H groups in total. The molecule has 86 valence electrons. The van der Waals surface area contributed by atoms with Crippen LogP contribution in [0.3, 0.4) is 0 Å². The van der Waals surface area contributed by atoms with Crippen LogP contribution in [0.5, 0.6) is 0 Å². The minimum Gasteiger partial charge on any atom is -0.394 e. The predicted octanol–water partition coefficient (Wildman–Crippen LogP) is 1.61. The zero-order valence-corrected chi connectivity index (χ0v) is 9.83. The van der Waals surface area contributed by atoms with Crippen LogP contribution in [0.4, 0.5) is 0 Å². The lowest BCUT2D eigenvalue weighted by Gasteiger charge is -2.22. The maximum atomic E-state index is 12.0. The molecule has 0 heterocycles. The Morgan fingerprint density at radius 2 is 1.79 bits per heavy atom. The molecule has 0 saturated heterocycles. The van der Waals surface area contributed by atoms with Gasteiger partial charge in [0.1, 0.15) is 0 Å². The van der Waals surface area contributed by atoms with Gasteiger partial charge in [-0.3, -0.25) is 4.57 Å². The molecular weight excluding hydrogens is 207 g/mol. The molecule has 0 aliphatic rings. The number of aliphatic hydroxyl groups excluding tert-OH is 1. The van der Waals surface area contributed by atoms with Crippen molar-refractivity contribution in [1.29, 1.82) is 0 Å². The predicted molar refractivity (Wildman–Crippen MR) is 53.4 cm³/mol. The molecule has 1 unspecified atom stereocenters. The monoisotopic (exact) mass is 226 g/mol. The average Bonchev–Trinajstić information content (AvgIpc) is 2.15. The smallest absolute Gasteiger partial charge is 0.358 e. The summed E-state index contributed by atoms with van der Waals surface area (Å²) in [7, 11) is -3.17. The van der Waals surface area contributed by atoms with E-state index in [-0.39, 0.29) is 13.2 Å². The van der Waals surface area contributed by atoms with Crippen molar-refractivity contribution >= 4 is 7.60 Å². The molecule has 14 heavy (non-hydrogen) atoms.